The van der Waals surface area contributed by atoms with Crippen LogP contribution in [0.5, 0.6) is 11.5 Å². The van der Waals surface area contributed by atoms with Crippen LogP contribution in [0, 0.1) is 0 Å². The molecule has 0 unspecified atom stereocenters. The van der Waals surface area contributed by atoms with Gasteiger partial charge in [-0.1, -0.05) is 0 Å². The SMILES string of the molecule is COc1ccc(C(=O)NCCC(=O)NC2CC2)cc1O. The van der Waals surface area contributed by atoms with E-state index in [4.69, 9.17) is 4.74 Å². The molecule has 0 aliphatic heterocycles. The Bertz CT molecular complexity index is 512. The van der Waals surface area contributed by atoms with Crippen LogP contribution >= 0.6 is 0 Å². The zero-order valence-corrected chi connectivity index (χ0v) is 11.3. The second-order valence-electron chi connectivity index (χ2n) is 4.73. The molecule has 2 rings (SSSR count). The van der Waals surface area contributed by atoms with E-state index in [9.17, 15) is 14.7 Å². The maximum Gasteiger partial charge on any atom is 0.251 e. The molecule has 1 aromatic rings. The van der Waals surface area contributed by atoms with Crippen LogP contribution in [-0.2, 0) is 4.79 Å². The number of methoxy groups -OCH3 is 1. The molecule has 1 aromatic carbocycles. The molecule has 0 atom stereocenters. The summed E-state index contributed by atoms with van der Waals surface area (Å²) in [6.07, 6.45) is 2.34. The van der Waals surface area contributed by atoms with Gasteiger partial charge in [0.1, 0.15) is 0 Å². The second-order valence-corrected chi connectivity index (χ2v) is 4.73. The molecule has 0 spiro atoms. The lowest BCUT2D eigenvalue weighted by atomic mass is 10.2. The predicted octanol–water partition coefficient (Wildman–Crippen LogP) is 0.799. The first kappa shape index (κ1) is 14.2. The van der Waals surface area contributed by atoms with Crippen LogP contribution in [0.2, 0.25) is 0 Å². The quantitative estimate of drug-likeness (QED) is 0.718. The van der Waals surface area contributed by atoms with Crippen LogP contribution in [0.15, 0.2) is 18.2 Å². The molecule has 0 heterocycles. The van der Waals surface area contributed by atoms with Gasteiger partial charge in [0.2, 0.25) is 5.91 Å². The van der Waals surface area contributed by atoms with Crippen LogP contribution < -0.4 is 15.4 Å². The Morgan fingerprint density at radius 1 is 1.40 bits per heavy atom. The van der Waals surface area contributed by atoms with Crippen LogP contribution in [0.1, 0.15) is 29.6 Å². The number of rotatable bonds is 6. The minimum absolute atomic E-state index is 0.0506. The van der Waals surface area contributed by atoms with Crippen LogP contribution in [0.4, 0.5) is 0 Å². The monoisotopic (exact) mass is 278 g/mol. The lowest BCUT2D eigenvalue weighted by molar-refractivity contribution is -0.121. The zero-order chi connectivity index (χ0) is 14.5. The van der Waals surface area contributed by atoms with E-state index < -0.39 is 0 Å². The molecule has 6 heteroatoms. The molecule has 1 saturated carbocycles. The Morgan fingerprint density at radius 3 is 2.75 bits per heavy atom. The molecule has 0 bridgehead atoms. The van der Waals surface area contributed by atoms with Gasteiger partial charge in [-0.05, 0) is 31.0 Å². The molecule has 6 nitrogen and oxygen atoms in total. The number of nitrogens with one attached hydrogen (secondary N) is 2. The van der Waals surface area contributed by atoms with E-state index in [2.05, 4.69) is 10.6 Å². The molecule has 0 saturated heterocycles. The van der Waals surface area contributed by atoms with E-state index in [1.54, 1.807) is 6.07 Å². The maximum absolute atomic E-state index is 11.8. The number of carbonyl (C=O) groups is 2. The van der Waals surface area contributed by atoms with E-state index in [0.717, 1.165) is 12.8 Å². The van der Waals surface area contributed by atoms with Crippen molar-refractivity contribution in [3.63, 3.8) is 0 Å². The van der Waals surface area contributed by atoms with Gasteiger partial charge in [-0.3, -0.25) is 9.59 Å². The van der Waals surface area contributed by atoms with Gasteiger partial charge in [0, 0.05) is 24.6 Å². The highest BCUT2D eigenvalue weighted by atomic mass is 16.5. The predicted molar refractivity (Wildman–Crippen MR) is 72.8 cm³/mol. The number of ether oxygens (including phenoxy) is 1. The summed E-state index contributed by atoms with van der Waals surface area (Å²) in [5.74, 6) is -0.162. The summed E-state index contributed by atoms with van der Waals surface area (Å²) in [5, 5.41) is 15.1. The highest BCUT2D eigenvalue weighted by Gasteiger charge is 2.22. The topological polar surface area (TPSA) is 87.7 Å². The fourth-order valence-corrected chi connectivity index (χ4v) is 1.75. The fraction of sp³-hybridized carbons (Fsp3) is 0.429. The molecule has 3 N–H and O–H groups in total. The third-order valence-corrected chi connectivity index (χ3v) is 3.02. The van der Waals surface area contributed by atoms with Gasteiger partial charge in [0.15, 0.2) is 11.5 Å². The van der Waals surface area contributed by atoms with Crippen molar-refractivity contribution in [2.75, 3.05) is 13.7 Å². The van der Waals surface area contributed by atoms with E-state index in [1.807, 2.05) is 0 Å². The number of hydrogen-bond acceptors (Lipinski definition) is 4. The van der Waals surface area contributed by atoms with Crippen molar-refractivity contribution in [1.82, 2.24) is 10.6 Å². The largest absolute Gasteiger partial charge is 0.504 e. The summed E-state index contributed by atoms with van der Waals surface area (Å²) < 4.78 is 4.90. The van der Waals surface area contributed by atoms with Crippen molar-refractivity contribution in [3.8, 4) is 11.5 Å². The molecule has 1 aliphatic rings. The molecule has 0 aromatic heterocycles. The van der Waals surface area contributed by atoms with Gasteiger partial charge in [-0.2, -0.15) is 0 Å². The number of benzene rings is 1. The Labute approximate surface area is 117 Å². The zero-order valence-electron chi connectivity index (χ0n) is 11.3. The second kappa shape index (κ2) is 6.27. The lowest BCUT2D eigenvalue weighted by Crippen LogP contribution is -2.31. The molecular formula is C14H18N2O4. The van der Waals surface area contributed by atoms with Crippen LogP contribution in [0.25, 0.3) is 0 Å². The van der Waals surface area contributed by atoms with Crippen molar-refractivity contribution in [3.05, 3.63) is 23.8 Å². The Hall–Kier alpha value is -2.24. The molecule has 1 aliphatic carbocycles. The van der Waals surface area contributed by atoms with Gasteiger partial charge < -0.3 is 20.5 Å². The molecule has 108 valence electrons. The smallest absolute Gasteiger partial charge is 0.251 e. The van der Waals surface area contributed by atoms with Crippen molar-refractivity contribution in [2.45, 2.75) is 25.3 Å². The Kier molecular flexibility index (Phi) is 4.45. The van der Waals surface area contributed by atoms with E-state index in [-0.39, 0.29) is 30.5 Å². The van der Waals surface area contributed by atoms with Crippen LogP contribution in [0.3, 0.4) is 0 Å². The van der Waals surface area contributed by atoms with Crippen molar-refractivity contribution >= 4 is 11.8 Å². The Morgan fingerprint density at radius 2 is 2.15 bits per heavy atom. The van der Waals surface area contributed by atoms with E-state index >= 15 is 0 Å². The third kappa shape index (κ3) is 3.88. The van der Waals surface area contributed by atoms with Gasteiger partial charge in [-0.15, -0.1) is 0 Å². The average Bonchev–Trinajstić information content (AvgIpc) is 3.22. The normalized spacial score (nSPS) is 13.7. The van der Waals surface area contributed by atoms with Gasteiger partial charge in [0.05, 0.1) is 7.11 Å². The van der Waals surface area contributed by atoms with Crippen LogP contribution in [-0.4, -0.2) is 36.6 Å². The van der Waals surface area contributed by atoms with Gasteiger partial charge in [0.25, 0.3) is 5.91 Å². The fourth-order valence-electron chi connectivity index (χ4n) is 1.75. The minimum Gasteiger partial charge on any atom is -0.504 e. The molecular weight excluding hydrogens is 260 g/mol. The summed E-state index contributed by atoms with van der Waals surface area (Å²) in [4.78, 5) is 23.2. The summed E-state index contributed by atoms with van der Waals surface area (Å²) >= 11 is 0. The summed E-state index contributed by atoms with van der Waals surface area (Å²) in [5.41, 5.74) is 0.325. The molecule has 2 amide bonds. The minimum atomic E-state index is -0.331. The number of phenols is 1. The summed E-state index contributed by atoms with van der Waals surface area (Å²) in [6, 6.07) is 4.73. The first-order valence-electron chi connectivity index (χ1n) is 6.54. The molecule has 20 heavy (non-hydrogen) atoms. The number of hydrogen-bond donors (Lipinski definition) is 3. The summed E-state index contributed by atoms with van der Waals surface area (Å²) in [6.45, 7) is 0.268. The number of aromatic hydroxyl groups is 1. The average molecular weight is 278 g/mol. The van der Waals surface area contributed by atoms with Gasteiger partial charge >= 0.3 is 0 Å². The Balaban J connectivity index is 1.78. The van der Waals surface area contributed by atoms with Crippen molar-refractivity contribution in [2.24, 2.45) is 0 Å². The van der Waals surface area contributed by atoms with Gasteiger partial charge in [-0.25, -0.2) is 0 Å². The number of carbonyl (C=O) groups excluding carboxylic acids is 2. The highest BCUT2D eigenvalue weighted by Crippen LogP contribution is 2.26. The number of amides is 2. The standard InChI is InChI=1S/C14H18N2O4/c1-20-12-5-2-9(8-11(12)17)14(19)15-7-6-13(18)16-10-3-4-10/h2,5,8,10,17H,3-4,6-7H2,1H3,(H,15,19)(H,16,18). The lowest BCUT2D eigenvalue weighted by Gasteiger charge is -2.08. The van der Waals surface area contributed by atoms with E-state index in [1.165, 1.54) is 19.2 Å². The number of phenolic OH excluding ortho intramolecular Hbond substituents is 1. The van der Waals surface area contributed by atoms with E-state index in [0.29, 0.717) is 17.4 Å². The first-order chi connectivity index (χ1) is 9.60. The molecule has 0 radical (unpaired) electrons. The van der Waals surface area contributed by atoms with Crippen molar-refractivity contribution in [1.29, 1.82) is 0 Å². The van der Waals surface area contributed by atoms with Crippen molar-refractivity contribution < 1.29 is 19.4 Å². The summed E-state index contributed by atoms with van der Waals surface area (Å²) in [7, 11) is 1.44. The third-order valence-electron chi connectivity index (χ3n) is 3.02. The maximum atomic E-state index is 11.8. The molecule has 1 fully saturated rings. The first-order valence-corrected chi connectivity index (χ1v) is 6.54. The highest BCUT2D eigenvalue weighted by molar-refractivity contribution is 5.95.